The minimum atomic E-state index is -3.64. The first-order chi connectivity index (χ1) is 10.5. The predicted molar refractivity (Wildman–Crippen MR) is 86.5 cm³/mol. The quantitative estimate of drug-likeness (QED) is 0.771. The molecule has 0 fully saturated rings. The highest BCUT2D eigenvalue weighted by Crippen LogP contribution is 2.28. The molecule has 122 valence electrons. The summed E-state index contributed by atoms with van der Waals surface area (Å²) in [6.45, 7) is 1.15. The van der Waals surface area contributed by atoms with E-state index in [9.17, 15) is 8.42 Å². The zero-order chi connectivity index (χ0) is 16.2. The molecule has 0 amide bonds. The van der Waals surface area contributed by atoms with E-state index in [2.05, 4.69) is 4.37 Å². The molecular weight excluding hydrogens is 326 g/mol. The van der Waals surface area contributed by atoms with Crippen LogP contribution in [0.3, 0.4) is 0 Å². The summed E-state index contributed by atoms with van der Waals surface area (Å²) in [5, 5.41) is 1.16. The van der Waals surface area contributed by atoms with Gasteiger partial charge in [-0.1, -0.05) is 0 Å². The van der Waals surface area contributed by atoms with Crippen LogP contribution in [-0.2, 0) is 19.5 Å². The Morgan fingerprint density at radius 3 is 2.45 bits per heavy atom. The van der Waals surface area contributed by atoms with Crippen LogP contribution in [0, 0.1) is 0 Å². The molecule has 2 rings (SSSR count). The van der Waals surface area contributed by atoms with Crippen molar-refractivity contribution in [2.45, 2.75) is 4.90 Å². The Hall–Kier alpha value is -1.26. The summed E-state index contributed by atoms with van der Waals surface area (Å²) in [4.78, 5) is 0.194. The number of methoxy groups -OCH3 is 2. The van der Waals surface area contributed by atoms with Gasteiger partial charge in [0.2, 0.25) is 10.0 Å². The minimum absolute atomic E-state index is 0.194. The third-order valence-corrected chi connectivity index (χ3v) is 5.80. The van der Waals surface area contributed by atoms with Crippen LogP contribution in [0.5, 0.6) is 0 Å². The van der Waals surface area contributed by atoms with Crippen molar-refractivity contribution in [1.29, 1.82) is 0 Å². The van der Waals surface area contributed by atoms with E-state index in [0.29, 0.717) is 29.1 Å². The van der Waals surface area contributed by atoms with Crippen LogP contribution in [0.25, 0.3) is 10.9 Å². The first-order valence-electron chi connectivity index (χ1n) is 6.63. The van der Waals surface area contributed by atoms with Gasteiger partial charge in [0, 0.05) is 32.7 Å². The Balaban J connectivity index is 2.36. The molecule has 7 nitrogen and oxygen atoms in total. The maximum absolute atomic E-state index is 12.8. The summed E-state index contributed by atoms with van der Waals surface area (Å²) in [5.41, 5.74) is 6.53. The van der Waals surface area contributed by atoms with E-state index in [-0.39, 0.29) is 18.0 Å². The van der Waals surface area contributed by atoms with E-state index in [1.54, 1.807) is 18.2 Å². The molecule has 1 heterocycles. The standard InChI is InChI=1S/C13H19N3O4S2/c1-19-7-5-16(6-8-20-2)22(17,18)10-3-4-12-11(9-10)13(14)21-15-12/h3-4,9H,5-8,14H2,1-2H3. The number of anilines is 1. The number of sulfonamides is 1. The van der Waals surface area contributed by atoms with E-state index in [4.69, 9.17) is 15.2 Å². The number of rotatable bonds is 8. The lowest BCUT2D eigenvalue weighted by Gasteiger charge is -2.21. The molecule has 0 aliphatic rings. The number of ether oxygens (including phenoxy) is 2. The van der Waals surface area contributed by atoms with Crippen LogP contribution in [0.1, 0.15) is 0 Å². The van der Waals surface area contributed by atoms with Crippen LogP contribution in [-0.4, -0.2) is 57.6 Å². The second kappa shape index (κ2) is 7.34. The van der Waals surface area contributed by atoms with E-state index in [0.717, 1.165) is 11.5 Å². The molecule has 1 aromatic heterocycles. The molecule has 0 spiro atoms. The Morgan fingerprint density at radius 2 is 1.86 bits per heavy atom. The van der Waals surface area contributed by atoms with Crippen LogP contribution < -0.4 is 5.73 Å². The van der Waals surface area contributed by atoms with Crippen molar-refractivity contribution in [3.63, 3.8) is 0 Å². The van der Waals surface area contributed by atoms with Crippen LogP contribution >= 0.6 is 11.5 Å². The number of hydrogen-bond donors (Lipinski definition) is 1. The van der Waals surface area contributed by atoms with E-state index < -0.39 is 10.0 Å². The van der Waals surface area contributed by atoms with Gasteiger partial charge in [0.15, 0.2) is 0 Å². The molecule has 0 aliphatic carbocycles. The first kappa shape index (κ1) is 17.1. The number of hydrogen-bond acceptors (Lipinski definition) is 7. The van der Waals surface area contributed by atoms with E-state index in [1.165, 1.54) is 18.5 Å². The molecule has 22 heavy (non-hydrogen) atoms. The molecular formula is C13H19N3O4S2. The van der Waals surface area contributed by atoms with Gasteiger partial charge in [0.25, 0.3) is 0 Å². The summed E-state index contributed by atoms with van der Waals surface area (Å²) in [6, 6.07) is 4.78. The van der Waals surface area contributed by atoms with Crippen molar-refractivity contribution >= 4 is 37.5 Å². The van der Waals surface area contributed by atoms with Crippen molar-refractivity contribution in [3.05, 3.63) is 18.2 Å². The van der Waals surface area contributed by atoms with Gasteiger partial charge >= 0.3 is 0 Å². The van der Waals surface area contributed by atoms with Gasteiger partial charge in [-0.15, -0.1) is 0 Å². The summed E-state index contributed by atoms with van der Waals surface area (Å²) in [5.74, 6) is 0. The first-order valence-corrected chi connectivity index (χ1v) is 8.85. The molecule has 0 unspecified atom stereocenters. The molecule has 0 aliphatic heterocycles. The Morgan fingerprint density at radius 1 is 1.23 bits per heavy atom. The number of benzene rings is 1. The lowest BCUT2D eigenvalue weighted by Crippen LogP contribution is -2.36. The number of nitrogens with two attached hydrogens (primary N) is 1. The Kier molecular flexibility index (Phi) is 5.70. The molecule has 9 heteroatoms. The highest BCUT2D eigenvalue weighted by atomic mass is 32.2. The number of fused-ring (bicyclic) bond motifs is 1. The van der Waals surface area contributed by atoms with Gasteiger partial charge in [-0.3, -0.25) is 0 Å². The number of aromatic nitrogens is 1. The van der Waals surface area contributed by atoms with Gasteiger partial charge in [-0.2, -0.15) is 8.68 Å². The third-order valence-electron chi connectivity index (χ3n) is 3.20. The average molecular weight is 345 g/mol. The van der Waals surface area contributed by atoms with Crippen molar-refractivity contribution in [1.82, 2.24) is 8.68 Å². The molecule has 0 saturated heterocycles. The third kappa shape index (κ3) is 3.55. The molecule has 2 aromatic rings. The van der Waals surface area contributed by atoms with Gasteiger partial charge in [0.05, 0.1) is 23.6 Å². The molecule has 0 bridgehead atoms. The largest absolute Gasteiger partial charge is 0.389 e. The number of nitrogen functional groups attached to an aromatic ring is 1. The fourth-order valence-electron chi connectivity index (χ4n) is 1.99. The van der Waals surface area contributed by atoms with Gasteiger partial charge in [0.1, 0.15) is 5.00 Å². The van der Waals surface area contributed by atoms with Crippen molar-refractivity contribution in [2.75, 3.05) is 46.3 Å². The highest BCUT2D eigenvalue weighted by molar-refractivity contribution is 7.89. The Bertz CT molecular complexity index is 722. The monoisotopic (exact) mass is 345 g/mol. The summed E-state index contributed by atoms with van der Waals surface area (Å²) in [6.07, 6.45) is 0. The molecule has 0 radical (unpaired) electrons. The highest BCUT2D eigenvalue weighted by Gasteiger charge is 2.24. The van der Waals surface area contributed by atoms with Gasteiger partial charge < -0.3 is 15.2 Å². The average Bonchev–Trinajstić information content (AvgIpc) is 2.88. The SMILES string of the molecule is COCCN(CCOC)S(=O)(=O)c1ccc2nsc(N)c2c1. The van der Waals surface area contributed by atoms with E-state index in [1.807, 2.05) is 0 Å². The fraction of sp³-hybridized carbons (Fsp3) is 0.462. The lowest BCUT2D eigenvalue weighted by atomic mass is 10.2. The van der Waals surface area contributed by atoms with Crippen LogP contribution in [0.2, 0.25) is 0 Å². The maximum atomic E-state index is 12.8. The van der Waals surface area contributed by atoms with Crippen molar-refractivity contribution in [3.8, 4) is 0 Å². The summed E-state index contributed by atoms with van der Waals surface area (Å²) < 4.78 is 41.0. The predicted octanol–water partition coefficient (Wildman–Crippen LogP) is 1.16. The van der Waals surface area contributed by atoms with Gasteiger partial charge in [-0.25, -0.2) is 8.42 Å². The van der Waals surface area contributed by atoms with Gasteiger partial charge in [-0.05, 0) is 29.7 Å². The molecule has 1 aromatic carbocycles. The van der Waals surface area contributed by atoms with E-state index >= 15 is 0 Å². The molecule has 0 saturated carbocycles. The van der Waals surface area contributed by atoms with Crippen LogP contribution in [0.15, 0.2) is 23.1 Å². The smallest absolute Gasteiger partial charge is 0.243 e. The zero-order valence-electron chi connectivity index (χ0n) is 12.5. The summed E-state index contributed by atoms with van der Waals surface area (Å²) >= 11 is 1.15. The number of nitrogens with zero attached hydrogens (tertiary/aromatic N) is 2. The molecule has 0 atom stereocenters. The molecule has 2 N–H and O–H groups in total. The normalized spacial score (nSPS) is 12.3. The maximum Gasteiger partial charge on any atom is 0.243 e. The minimum Gasteiger partial charge on any atom is -0.389 e. The second-order valence-corrected chi connectivity index (χ2v) is 7.36. The fourth-order valence-corrected chi connectivity index (χ4v) is 4.04. The lowest BCUT2D eigenvalue weighted by molar-refractivity contribution is 0.150. The summed E-state index contributed by atoms with van der Waals surface area (Å²) in [7, 11) is -0.572. The topological polar surface area (TPSA) is 94.8 Å². The van der Waals surface area contributed by atoms with Crippen molar-refractivity contribution in [2.24, 2.45) is 0 Å². The van der Waals surface area contributed by atoms with Crippen molar-refractivity contribution < 1.29 is 17.9 Å². The zero-order valence-corrected chi connectivity index (χ0v) is 14.1. The Labute approximate surface area is 133 Å². The van der Waals surface area contributed by atoms with Crippen LogP contribution in [0.4, 0.5) is 5.00 Å². The second-order valence-electron chi connectivity index (χ2n) is 4.62.